The van der Waals surface area contributed by atoms with Gasteiger partial charge in [-0.25, -0.2) is 4.98 Å². The van der Waals surface area contributed by atoms with E-state index in [4.69, 9.17) is 4.74 Å². The molecule has 1 aliphatic carbocycles. The number of nitrogens with one attached hydrogen (secondary N) is 2. The second-order valence-corrected chi connectivity index (χ2v) is 5.98. The molecule has 0 aromatic carbocycles. The number of aromatic nitrogens is 3. The third-order valence-corrected chi connectivity index (χ3v) is 4.00. The molecule has 8 heteroatoms. The molecule has 0 atom stereocenters. The molecule has 25 heavy (non-hydrogen) atoms. The van der Waals surface area contributed by atoms with Gasteiger partial charge in [-0.1, -0.05) is 6.07 Å². The fraction of sp³-hybridized carbons (Fsp3) is 0.471. The number of nitrogens with zero attached hydrogens (tertiary/aromatic N) is 4. The number of pyridine rings is 1. The molecule has 3 rings (SSSR count). The highest BCUT2D eigenvalue weighted by atomic mass is 127. The Hall–Kier alpha value is -1.84. The van der Waals surface area contributed by atoms with Gasteiger partial charge in [0.1, 0.15) is 0 Å². The van der Waals surface area contributed by atoms with Gasteiger partial charge in [-0.2, -0.15) is 5.10 Å². The summed E-state index contributed by atoms with van der Waals surface area (Å²) in [5.74, 6) is 2.18. The molecule has 0 spiro atoms. The van der Waals surface area contributed by atoms with Crippen LogP contribution < -0.4 is 15.4 Å². The minimum Gasteiger partial charge on any atom is -0.477 e. The average Bonchev–Trinajstić information content (AvgIpc) is 3.35. The van der Waals surface area contributed by atoms with Gasteiger partial charge in [0, 0.05) is 39.1 Å². The molecule has 2 aromatic heterocycles. The molecule has 2 aromatic rings. The van der Waals surface area contributed by atoms with E-state index in [9.17, 15) is 0 Å². The lowest BCUT2D eigenvalue weighted by atomic mass is 10.3. The second-order valence-electron chi connectivity index (χ2n) is 5.98. The molecular formula is C17H25IN6O. The van der Waals surface area contributed by atoms with Crippen molar-refractivity contribution in [1.82, 2.24) is 25.4 Å². The zero-order valence-electron chi connectivity index (χ0n) is 14.6. The van der Waals surface area contributed by atoms with Crippen LogP contribution >= 0.6 is 24.0 Å². The van der Waals surface area contributed by atoms with Crippen molar-refractivity contribution in [2.24, 2.45) is 18.0 Å². The Balaban J connectivity index is 0.00000225. The van der Waals surface area contributed by atoms with Crippen LogP contribution in [0, 0.1) is 5.92 Å². The standard InChI is InChI=1S/C17H24N6O.HI/c1-18-17(21-11-15-7-8-22-23(15)2)20-10-14-5-6-16(19-9-14)24-12-13-3-4-13;/h5-9,13H,3-4,10-12H2,1-2H3,(H2,18,20,21);1H. The zero-order chi connectivity index (χ0) is 16.8. The third-order valence-electron chi connectivity index (χ3n) is 4.00. The number of hydrogen-bond donors (Lipinski definition) is 2. The van der Waals surface area contributed by atoms with Crippen molar-refractivity contribution in [3.05, 3.63) is 41.9 Å². The van der Waals surface area contributed by atoms with Gasteiger partial charge in [-0.05, 0) is 30.4 Å². The van der Waals surface area contributed by atoms with Crippen molar-refractivity contribution < 1.29 is 4.74 Å². The number of aliphatic imine (C=N–C) groups is 1. The second kappa shape index (κ2) is 9.59. The number of rotatable bonds is 7. The van der Waals surface area contributed by atoms with E-state index in [0.717, 1.165) is 29.7 Å². The normalized spacial score (nSPS) is 13.9. The fourth-order valence-electron chi connectivity index (χ4n) is 2.24. The van der Waals surface area contributed by atoms with Gasteiger partial charge >= 0.3 is 0 Å². The first-order valence-corrected chi connectivity index (χ1v) is 8.23. The van der Waals surface area contributed by atoms with Crippen molar-refractivity contribution >= 4 is 29.9 Å². The maximum atomic E-state index is 5.65. The Morgan fingerprint density at radius 1 is 1.28 bits per heavy atom. The van der Waals surface area contributed by atoms with Crippen LogP contribution in [0.1, 0.15) is 24.1 Å². The van der Waals surface area contributed by atoms with E-state index in [1.807, 2.05) is 36.1 Å². The summed E-state index contributed by atoms with van der Waals surface area (Å²) in [6.45, 7) is 2.11. The third kappa shape index (κ3) is 6.18. The molecule has 0 aliphatic heterocycles. The highest BCUT2D eigenvalue weighted by Crippen LogP contribution is 2.29. The smallest absolute Gasteiger partial charge is 0.213 e. The van der Waals surface area contributed by atoms with Crippen molar-refractivity contribution in [1.29, 1.82) is 0 Å². The van der Waals surface area contributed by atoms with Gasteiger partial charge in [0.2, 0.25) is 5.88 Å². The van der Waals surface area contributed by atoms with E-state index in [1.54, 1.807) is 13.2 Å². The summed E-state index contributed by atoms with van der Waals surface area (Å²) in [7, 11) is 3.68. The van der Waals surface area contributed by atoms with Crippen molar-refractivity contribution in [2.75, 3.05) is 13.7 Å². The summed E-state index contributed by atoms with van der Waals surface area (Å²) in [6, 6.07) is 5.92. The first-order chi connectivity index (χ1) is 11.7. The zero-order valence-corrected chi connectivity index (χ0v) is 16.9. The largest absolute Gasteiger partial charge is 0.477 e. The Bertz CT molecular complexity index is 681. The van der Waals surface area contributed by atoms with Crippen LogP contribution in [0.5, 0.6) is 5.88 Å². The molecular weight excluding hydrogens is 431 g/mol. The monoisotopic (exact) mass is 456 g/mol. The topological polar surface area (TPSA) is 76.4 Å². The number of aryl methyl sites for hydroxylation is 1. The molecule has 0 saturated heterocycles. The van der Waals surface area contributed by atoms with Crippen LogP contribution in [-0.2, 0) is 20.1 Å². The molecule has 0 unspecified atom stereocenters. The number of ether oxygens (including phenoxy) is 1. The highest BCUT2D eigenvalue weighted by Gasteiger charge is 2.21. The van der Waals surface area contributed by atoms with Crippen LogP contribution in [-0.4, -0.2) is 34.4 Å². The molecule has 1 aliphatic rings. The maximum Gasteiger partial charge on any atom is 0.213 e. The lowest BCUT2D eigenvalue weighted by Crippen LogP contribution is -2.36. The Morgan fingerprint density at radius 3 is 2.68 bits per heavy atom. The molecule has 0 amide bonds. The molecule has 0 radical (unpaired) electrons. The van der Waals surface area contributed by atoms with Gasteiger partial charge in [0.05, 0.1) is 18.8 Å². The van der Waals surface area contributed by atoms with Crippen LogP contribution in [0.25, 0.3) is 0 Å². The van der Waals surface area contributed by atoms with E-state index < -0.39 is 0 Å². The average molecular weight is 456 g/mol. The van der Waals surface area contributed by atoms with E-state index >= 15 is 0 Å². The Morgan fingerprint density at radius 2 is 2.08 bits per heavy atom. The van der Waals surface area contributed by atoms with Crippen molar-refractivity contribution in [3.8, 4) is 5.88 Å². The summed E-state index contributed by atoms with van der Waals surface area (Å²) in [5.41, 5.74) is 2.18. The van der Waals surface area contributed by atoms with Gasteiger partial charge < -0.3 is 15.4 Å². The number of guanidine groups is 1. The molecule has 7 nitrogen and oxygen atoms in total. The van der Waals surface area contributed by atoms with E-state index in [-0.39, 0.29) is 24.0 Å². The van der Waals surface area contributed by atoms with E-state index in [1.165, 1.54) is 12.8 Å². The van der Waals surface area contributed by atoms with Crippen LogP contribution in [0.3, 0.4) is 0 Å². The SMILES string of the molecule is CN=C(NCc1ccc(OCC2CC2)nc1)NCc1ccnn1C.I. The summed E-state index contributed by atoms with van der Waals surface area (Å²) < 4.78 is 7.48. The van der Waals surface area contributed by atoms with Crippen molar-refractivity contribution in [2.45, 2.75) is 25.9 Å². The molecule has 1 fully saturated rings. The molecule has 1 saturated carbocycles. The van der Waals surface area contributed by atoms with E-state index in [2.05, 4.69) is 25.7 Å². The van der Waals surface area contributed by atoms with Gasteiger partial charge in [0.15, 0.2) is 5.96 Å². The predicted molar refractivity (Wildman–Crippen MR) is 108 cm³/mol. The lowest BCUT2D eigenvalue weighted by molar-refractivity contribution is 0.288. The summed E-state index contributed by atoms with van der Waals surface area (Å²) >= 11 is 0. The number of hydrogen-bond acceptors (Lipinski definition) is 4. The minimum atomic E-state index is 0. The summed E-state index contributed by atoms with van der Waals surface area (Å²) in [5, 5.41) is 10.7. The van der Waals surface area contributed by atoms with Crippen LogP contribution in [0.2, 0.25) is 0 Å². The predicted octanol–water partition coefficient (Wildman–Crippen LogP) is 2.09. The quantitative estimate of drug-likeness (QED) is 0.379. The Labute approximate surface area is 165 Å². The van der Waals surface area contributed by atoms with Crippen LogP contribution in [0.4, 0.5) is 0 Å². The van der Waals surface area contributed by atoms with Crippen LogP contribution in [0.15, 0.2) is 35.6 Å². The fourth-order valence-corrected chi connectivity index (χ4v) is 2.24. The lowest BCUT2D eigenvalue weighted by Gasteiger charge is -2.12. The van der Waals surface area contributed by atoms with Gasteiger partial charge in [-0.15, -0.1) is 24.0 Å². The molecule has 0 bridgehead atoms. The maximum absolute atomic E-state index is 5.65. The molecule has 2 heterocycles. The van der Waals surface area contributed by atoms with Gasteiger partial charge in [-0.3, -0.25) is 9.67 Å². The number of halogens is 1. The first-order valence-electron chi connectivity index (χ1n) is 8.23. The minimum absolute atomic E-state index is 0. The highest BCUT2D eigenvalue weighted by molar-refractivity contribution is 14.0. The summed E-state index contributed by atoms with van der Waals surface area (Å²) in [6.07, 6.45) is 6.19. The first kappa shape index (κ1) is 19.5. The van der Waals surface area contributed by atoms with Gasteiger partial charge in [0.25, 0.3) is 0 Å². The molecule has 2 N–H and O–H groups in total. The Kier molecular flexibility index (Phi) is 7.48. The summed E-state index contributed by atoms with van der Waals surface area (Å²) in [4.78, 5) is 8.57. The van der Waals surface area contributed by atoms with Crippen molar-refractivity contribution in [3.63, 3.8) is 0 Å². The molecule has 136 valence electrons. The van der Waals surface area contributed by atoms with E-state index in [0.29, 0.717) is 19.0 Å².